The van der Waals surface area contributed by atoms with Crippen molar-refractivity contribution in [3.8, 4) is 0 Å². The molecule has 6 rings (SSSR count). The van der Waals surface area contributed by atoms with Crippen LogP contribution >= 0.6 is 11.3 Å². The molecule has 2 saturated heterocycles. The molecule has 37 heavy (non-hydrogen) atoms. The Hall–Kier alpha value is -1.74. The molecule has 4 aliphatic rings. The summed E-state index contributed by atoms with van der Waals surface area (Å²) in [5.74, 6) is 3.09. The minimum absolute atomic E-state index is 0.590. The first kappa shape index (κ1) is 25.5. The van der Waals surface area contributed by atoms with E-state index >= 15 is 0 Å². The third-order valence-electron chi connectivity index (χ3n) is 9.62. The van der Waals surface area contributed by atoms with Crippen LogP contribution < -0.4 is 5.32 Å². The van der Waals surface area contributed by atoms with E-state index in [0.717, 1.165) is 50.3 Å². The van der Waals surface area contributed by atoms with Crippen molar-refractivity contribution in [3.63, 3.8) is 0 Å². The van der Waals surface area contributed by atoms with E-state index in [-0.39, 0.29) is 0 Å². The molecule has 202 valence electrons. The van der Waals surface area contributed by atoms with Gasteiger partial charge in [0.15, 0.2) is 0 Å². The molecule has 0 amide bonds. The number of nitrogens with one attached hydrogen (secondary N) is 2. The maximum absolute atomic E-state index is 4.68. The van der Waals surface area contributed by atoms with E-state index in [1.54, 1.807) is 4.88 Å². The van der Waals surface area contributed by atoms with Crippen molar-refractivity contribution in [2.24, 2.45) is 16.3 Å². The molecule has 1 saturated carbocycles. The molecule has 0 atom stereocenters. The number of aromatic amines is 1. The largest absolute Gasteiger partial charge is 0.371 e. The number of thiophene rings is 1. The third-order valence-corrected chi connectivity index (χ3v) is 10.6. The van der Waals surface area contributed by atoms with Crippen molar-refractivity contribution >= 4 is 17.2 Å². The van der Waals surface area contributed by atoms with E-state index in [2.05, 4.69) is 53.3 Å². The lowest BCUT2D eigenvalue weighted by Gasteiger charge is -2.40. The number of amidine groups is 1. The van der Waals surface area contributed by atoms with Gasteiger partial charge in [0, 0.05) is 49.5 Å². The Labute approximate surface area is 226 Å². The number of hydrogen-bond donors (Lipinski definition) is 2. The molecule has 3 fully saturated rings. The highest BCUT2D eigenvalue weighted by Gasteiger charge is 2.41. The molecule has 0 aromatic carbocycles. The first-order chi connectivity index (χ1) is 18.1. The average Bonchev–Trinajstić information content (AvgIpc) is 3.72. The Balaban J connectivity index is 0.960. The Morgan fingerprint density at radius 3 is 2.57 bits per heavy atom. The number of aromatic nitrogens is 2. The van der Waals surface area contributed by atoms with Gasteiger partial charge in [-0.1, -0.05) is 0 Å². The second-order valence-corrected chi connectivity index (χ2v) is 13.2. The number of H-pyrrole nitrogens is 1. The molecule has 3 aliphatic heterocycles. The third kappa shape index (κ3) is 6.29. The summed E-state index contributed by atoms with van der Waals surface area (Å²) < 4.78 is 0. The van der Waals surface area contributed by atoms with Crippen molar-refractivity contribution < 1.29 is 0 Å². The number of imidazole rings is 1. The zero-order chi connectivity index (χ0) is 25.1. The van der Waals surface area contributed by atoms with E-state index in [4.69, 9.17) is 0 Å². The van der Waals surface area contributed by atoms with Gasteiger partial charge in [0.25, 0.3) is 0 Å². The predicted molar refractivity (Wildman–Crippen MR) is 152 cm³/mol. The molecule has 8 heteroatoms. The zero-order valence-electron chi connectivity index (χ0n) is 22.6. The van der Waals surface area contributed by atoms with E-state index in [1.807, 2.05) is 23.7 Å². The maximum atomic E-state index is 4.68. The first-order valence-electron chi connectivity index (χ1n) is 14.6. The Bertz CT molecular complexity index is 1010. The standard InChI is InChI=1S/C29H45N7S/c1-23-6-17-37-26(23)19-34-14-7-29(8-15-34)9-16-35(22-29)18-24-2-4-25(5-3-24)36(20-27-30-10-11-31-27)21-28-32-12-13-33-28/h6,10-11,17,24-25H,2-5,7-9,12-16,18-22H2,1H3,(H,30,31)(H,32,33). The van der Waals surface area contributed by atoms with E-state index in [1.165, 1.54) is 83.2 Å². The summed E-state index contributed by atoms with van der Waals surface area (Å²) in [5, 5.41) is 5.72. The second kappa shape index (κ2) is 11.6. The van der Waals surface area contributed by atoms with Crippen molar-refractivity contribution in [1.82, 2.24) is 30.0 Å². The summed E-state index contributed by atoms with van der Waals surface area (Å²) in [7, 11) is 0. The van der Waals surface area contributed by atoms with Crippen LogP contribution in [0.2, 0.25) is 0 Å². The quantitative estimate of drug-likeness (QED) is 0.518. The van der Waals surface area contributed by atoms with Gasteiger partial charge in [-0.05, 0) is 99.8 Å². The fourth-order valence-corrected chi connectivity index (χ4v) is 8.19. The number of rotatable bonds is 9. The highest BCUT2D eigenvalue weighted by Crippen LogP contribution is 2.42. The molecule has 0 unspecified atom stereocenters. The van der Waals surface area contributed by atoms with Crippen LogP contribution in [0.1, 0.15) is 61.2 Å². The van der Waals surface area contributed by atoms with Gasteiger partial charge in [0.2, 0.25) is 0 Å². The van der Waals surface area contributed by atoms with Crippen LogP contribution in [0.25, 0.3) is 0 Å². The fraction of sp³-hybridized carbons (Fsp3) is 0.724. The van der Waals surface area contributed by atoms with Gasteiger partial charge in [0.05, 0.1) is 19.6 Å². The van der Waals surface area contributed by atoms with Gasteiger partial charge in [-0.15, -0.1) is 11.3 Å². The normalized spacial score (nSPS) is 26.7. The monoisotopic (exact) mass is 523 g/mol. The lowest BCUT2D eigenvalue weighted by molar-refractivity contribution is 0.0945. The smallest absolute Gasteiger partial charge is 0.120 e. The summed E-state index contributed by atoms with van der Waals surface area (Å²) in [6.07, 6.45) is 13.3. The number of hydrogen-bond acceptors (Lipinski definition) is 7. The van der Waals surface area contributed by atoms with Gasteiger partial charge in [0.1, 0.15) is 11.7 Å². The van der Waals surface area contributed by atoms with Gasteiger partial charge >= 0.3 is 0 Å². The Kier molecular flexibility index (Phi) is 7.98. The molecule has 1 aliphatic carbocycles. The summed E-state index contributed by atoms with van der Waals surface area (Å²) >= 11 is 1.93. The number of piperidine rings is 1. The molecule has 2 aromatic rings. The molecule has 2 aromatic heterocycles. The SMILES string of the molecule is Cc1ccsc1CN1CCC2(CC1)CCN(CC1CCC(N(CC3=NCCN3)Cc3ncc[nH]3)CC1)C2. The Morgan fingerprint density at radius 2 is 1.89 bits per heavy atom. The van der Waals surface area contributed by atoms with Gasteiger partial charge in [-0.2, -0.15) is 0 Å². The van der Waals surface area contributed by atoms with Crippen LogP contribution in [0.4, 0.5) is 0 Å². The maximum Gasteiger partial charge on any atom is 0.120 e. The second-order valence-electron chi connectivity index (χ2n) is 12.2. The number of aliphatic imine (C=N–C) groups is 1. The fourth-order valence-electron chi connectivity index (χ4n) is 7.24. The van der Waals surface area contributed by atoms with Crippen LogP contribution in [0.3, 0.4) is 0 Å². The van der Waals surface area contributed by atoms with Crippen LogP contribution in [-0.2, 0) is 13.1 Å². The van der Waals surface area contributed by atoms with Crippen molar-refractivity contribution in [2.45, 2.75) is 71.0 Å². The van der Waals surface area contributed by atoms with Crippen molar-refractivity contribution in [1.29, 1.82) is 0 Å². The highest BCUT2D eigenvalue weighted by molar-refractivity contribution is 7.10. The lowest BCUT2D eigenvalue weighted by atomic mass is 9.77. The van der Waals surface area contributed by atoms with Crippen molar-refractivity contribution in [3.05, 3.63) is 40.1 Å². The minimum Gasteiger partial charge on any atom is -0.371 e. The summed E-state index contributed by atoms with van der Waals surface area (Å²) in [4.78, 5) is 22.2. The zero-order valence-corrected chi connectivity index (χ0v) is 23.4. The number of likely N-dealkylation sites (tertiary alicyclic amines) is 2. The summed E-state index contributed by atoms with van der Waals surface area (Å²) in [5.41, 5.74) is 2.06. The first-order valence-corrected chi connectivity index (χ1v) is 15.5. The molecule has 7 nitrogen and oxygen atoms in total. The molecular formula is C29H45N7S. The molecule has 2 N–H and O–H groups in total. The van der Waals surface area contributed by atoms with Crippen molar-refractivity contribution in [2.75, 3.05) is 52.4 Å². The lowest BCUT2D eigenvalue weighted by Crippen LogP contribution is -2.44. The molecule has 1 spiro atoms. The summed E-state index contributed by atoms with van der Waals surface area (Å²) in [6.45, 7) is 13.7. The Morgan fingerprint density at radius 1 is 1.08 bits per heavy atom. The average molecular weight is 524 g/mol. The predicted octanol–water partition coefficient (Wildman–Crippen LogP) is 4.13. The number of nitrogens with zero attached hydrogens (tertiary/aromatic N) is 5. The van der Waals surface area contributed by atoms with E-state index in [9.17, 15) is 0 Å². The van der Waals surface area contributed by atoms with Gasteiger partial charge in [-0.25, -0.2) is 4.98 Å². The van der Waals surface area contributed by atoms with E-state index < -0.39 is 0 Å². The topological polar surface area (TPSA) is 62.8 Å². The molecule has 0 radical (unpaired) electrons. The highest BCUT2D eigenvalue weighted by atomic mass is 32.1. The molecular weight excluding hydrogens is 478 g/mol. The van der Waals surface area contributed by atoms with Gasteiger partial charge in [-0.3, -0.25) is 14.8 Å². The van der Waals surface area contributed by atoms with Gasteiger partial charge < -0.3 is 15.2 Å². The molecule has 5 heterocycles. The number of aryl methyl sites for hydroxylation is 1. The van der Waals surface area contributed by atoms with Crippen LogP contribution in [-0.4, -0.2) is 88.9 Å². The van der Waals surface area contributed by atoms with Crippen LogP contribution in [0, 0.1) is 18.3 Å². The minimum atomic E-state index is 0.590. The van der Waals surface area contributed by atoms with Crippen LogP contribution in [0.15, 0.2) is 28.8 Å². The van der Waals surface area contributed by atoms with Crippen LogP contribution in [0.5, 0.6) is 0 Å². The molecule has 0 bridgehead atoms. The van der Waals surface area contributed by atoms with E-state index in [0.29, 0.717) is 11.5 Å². The summed E-state index contributed by atoms with van der Waals surface area (Å²) in [6, 6.07) is 2.90.